The van der Waals surface area contributed by atoms with Gasteiger partial charge in [0.1, 0.15) is 5.82 Å². The summed E-state index contributed by atoms with van der Waals surface area (Å²) >= 11 is 11.2. The number of hydrogen-bond donors (Lipinski definition) is 1. The van der Waals surface area contributed by atoms with E-state index in [4.69, 9.17) is 23.2 Å². The minimum Gasteiger partial charge on any atom is -0.380 e. The molecule has 0 amide bonds. The lowest BCUT2D eigenvalue weighted by atomic mass is 10.1. The molecule has 0 bridgehead atoms. The Labute approximate surface area is 128 Å². The van der Waals surface area contributed by atoms with Crippen molar-refractivity contribution in [3.63, 3.8) is 0 Å². The molecule has 112 valence electrons. The summed E-state index contributed by atoms with van der Waals surface area (Å²) in [6, 6.07) is 7.41. The quantitative estimate of drug-likeness (QED) is 0.701. The van der Waals surface area contributed by atoms with E-state index in [2.05, 4.69) is 5.32 Å². The maximum Gasteiger partial charge on any atom is 0.418 e. The fourth-order valence-corrected chi connectivity index (χ4v) is 2.13. The standard InChI is InChI=1S/C14H9Cl2F4N/c15-9-2-4-13(10(6-9)14(18,19)20)21-7-8-1-3-12(17)11(16)5-8/h1-6,21H,7H2. The van der Waals surface area contributed by atoms with Crippen LogP contribution in [0.1, 0.15) is 11.1 Å². The molecule has 0 radical (unpaired) electrons. The first-order chi connectivity index (χ1) is 9.77. The van der Waals surface area contributed by atoms with Crippen LogP contribution in [0, 0.1) is 5.82 Å². The molecule has 0 aromatic heterocycles. The summed E-state index contributed by atoms with van der Waals surface area (Å²) in [4.78, 5) is 0. The van der Waals surface area contributed by atoms with E-state index in [0.717, 1.165) is 12.1 Å². The number of alkyl halides is 3. The van der Waals surface area contributed by atoms with Crippen LogP contribution in [-0.4, -0.2) is 0 Å². The van der Waals surface area contributed by atoms with E-state index in [0.29, 0.717) is 5.56 Å². The smallest absolute Gasteiger partial charge is 0.380 e. The van der Waals surface area contributed by atoms with Gasteiger partial charge in [0, 0.05) is 17.3 Å². The lowest BCUT2D eigenvalue weighted by molar-refractivity contribution is -0.136. The van der Waals surface area contributed by atoms with Gasteiger partial charge in [-0.05, 0) is 35.9 Å². The second kappa shape index (κ2) is 6.12. The van der Waals surface area contributed by atoms with Gasteiger partial charge in [0.25, 0.3) is 0 Å². The zero-order valence-electron chi connectivity index (χ0n) is 10.4. The highest BCUT2D eigenvalue weighted by molar-refractivity contribution is 6.31. The summed E-state index contributed by atoms with van der Waals surface area (Å²) in [7, 11) is 0. The highest BCUT2D eigenvalue weighted by atomic mass is 35.5. The predicted octanol–water partition coefficient (Wildman–Crippen LogP) is 5.76. The lowest BCUT2D eigenvalue weighted by Crippen LogP contribution is -2.11. The molecule has 2 aromatic carbocycles. The molecule has 2 rings (SSSR count). The lowest BCUT2D eigenvalue weighted by Gasteiger charge is -2.15. The Balaban J connectivity index is 2.22. The van der Waals surface area contributed by atoms with Gasteiger partial charge in [-0.3, -0.25) is 0 Å². The molecule has 0 aliphatic rings. The predicted molar refractivity (Wildman–Crippen MR) is 75.2 cm³/mol. The van der Waals surface area contributed by atoms with Crippen molar-refractivity contribution in [2.24, 2.45) is 0 Å². The second-order valence-electron chi connectivity index (χ2n) is 4.29. The SMILES string of the molecule is Fc1ccc(CNc2ccc(Cl)cc2C(F)(F)F)cc1Cl. The van der Waals surface area contributed by atoms with Crippen LogP contribution in [0.5, 0.6) is 0 Å². The van der Waals surface area contributed by atoms with Gasteiger partial charge in [0.15, 0.2) is 0 Å². The Morgan fingerprint density at radius 2 is 1.71 bits per heavy atom. The maximum atomic E-state index is 13.0. The van der Waals surface area contributed by atoms with Crippen molar-refractivity contribution in [3.8, 4) is 0 Å². The summed E-state index contributed by atoms with van der Waals surface area (Å²) in [5.74, 6) is -0.581. The molecular formula is C14H9Cl2F4N. The van der Waals surface area contributed by atoms with Crippen molar-refractivity contribution in [1.82, 2.24) is 0 Å². The molecule has 0 aliphatic heterocycles. The summed E-state index contributed by atoms with van der Waals surface area (Å²) in [6.07, 6.45) is -4.52. The van der Waals surface area contributed by atoms with Gasteiger partial charge in [-0.25, -0.2) is 4.39 Å². The summed E-state index contributed by atoms with van der Waals surface area (Å²) in [5, 5.41) is 2.57. The van der Waals surface area contributed by atoms with Crippen LogP contribution in [0.15, 0.2) is 36.4 Å². The molecule has 0 fully saturated rings. The Morgan fingerprint density at radius 3 is 2.33 bits per heavy atom. The molecule has 0 spiro atoms. The third-order valence-electron chi connectivity index (χ3n) is 2.75. The number of rotatable bonds is 3. The molecule has 2 aromatic rings. The molecular weight excluding hydrogens is 329 g/mol. The number of halogens is 6. The van der Waals surface area contributed by atoms with Crippen molar-refractivity contribution in [2.45, 2.75) is 12.7 Å². The van der Waals surface area contributed by atoms with E-state index >= 15 is 0 Å². The minimum atomic E-state index is -4.52. The van der Waals surface area contributed by atoms with Gasteiger partial charge < -0.3 is 5.32 Å². The summed E-state index contributed by atoms with van der Waals surface area (Å²) in [6.45, 7) is 0.0741. The minimum absolute atomic E-state index is 0.00213. The van der Waals surface area contributed by atoms with Crippen molar-refractivity contribution in [3.05, 3.63) is 63.4 Å². The Bertz CT molecular complexity index is 656. The molecule has 21 heavy (non-hydrogen) atoms. The third-order valence-corrected chi connectivity index (χ3v) is 3.28. The largest absolute Gasteiger partial charge is 0.418 e. The fourth-order valence-electron chi connectivity index (χ4n) is 1.75. The number of anilines is 1. The maximum absolute atomic E-state index is 13.0. The van der Waals surface area contributed by atoms with E-state index in [1.54, 1.807) is 0 Å². The van der Waals surface area contributed by atoms with Crippen LogP contribution in [0.4, 0.5) is 23.2 Å². The zero-order chi connectivity index (χ0) is 15.6. The first-order valence-electron chi connectivity index (χ1n) is 5.82. The van der Waals surface area contributed by atoms with Crippen LogP contribution in [-0.2, 0) is 12.7 Å². The average molecular weight is 338 g/mol. The van der Waals surface area contributed by atoms with Crippen LogP contribution in [0.25, 0.3) is 0 Å². The first-order valence-corrected chi connectivity index (χ1v) is 6.57. The molecule has 7 heteroatoms. The van der Waals surface area contributed by atoms with E-state index < -0.39 is 17.6 Å². The summed E-state index contributed by atoms with van der Waals surface area (Å²) in [5.41, 5.74) is -0.403. The number of hydrogen-bond acceptors (Lipinski definition) is 1. The normalized spacial score (nSPS) is 11.5. The molecule has 0 unspecified atom stereocenters. The van der Waals surface area contributed by atoms with Gasteiger partial charge in [-0.2, -0.15) is 13.2 Å². The topological polar surface area (TPSA) is 12.0 Å². The van der Waals surface area contributed by atoms with Gasteiger partial charge in [-0.1, -0.05) is 29.3 Å². The van der Waals surface area contributed by atoms with Gasteiger partial charge in [0.05, 0.1) is 10.6 Å². The Hall–Kier alpha value is -1.46. The molecule has 0 saturated carbocycles. The Kier molecular flexibility index (Phi) is 4.64. The van der Waals surface area contributed by atoms with Crippen molar-refractivity contribution < 1.29 is 17.6 Å². The third kappa shape index (κ3) is 4.02. The highest BCUT2D eigenvalue weighted by Crippen LogP contribution is 2.36. The molecule has 0 heterocycles. The van der Waals surface area contributed by atoms with Gasteiger partial charge >= 0.3 is 6.18 Å². The van der Waals surface area contributed by atoms with E-state index in [-0.39, 0.29) is 22.3 Å². The van der Waals surface area contributed by atoms with Crippen LogP contribution < -0.4 is 5.32 Å². The van der Waals surface area contributed by atoms with Crippen molar-refractivity contribution in [1.29, 1.82) is 0 Å². The van der Waals surface area contributed by atoms with Gasteiger partial charge in [-0.15, -0.1) is 0 Å². The molecule has 0 saturated heterocycles. The highest BCUT2D eigenvalue weighted by Gasteiger charge is 2.33. The zero-order valence-corrected chi connectivity index (χ0v) is 12.0. The van der Waals surface area contributed by atoms with Crippen LogP contribution in [0.2, 0.25) is 10.0 Å². The van der Waals surface area contributed by atoms with E-state index in [1.807, 2.05) is 0 Å². The Morgan fingerprint density at radius 1 is 1.00 bits per heavy atom. The van der Waals surface area contributed by atoms with E-state index in [9.17, 15) is 17.6 Å². The van der Waals surface area contributed by atoms with Crippen molar-refractivity contribution >= 4 is 28.9 Å². The average Bonchev–Trinajstić information content (AvgIpc) is 2.40. The van der Waals surface area contributed by atoms with Gasteiger partial charge in [0.2, 0.25) is 0 Å². The molecule has 1 nitrogen and oxygen atoms in total. The first kappa shape index (κ1) is 15.9. The number of benzene rings is 2. The van der Waals surface area contributed by atoms with Crippen LogP contribution >= 0.6 is 23.2 Å². The van der Waals surface area contributed by atoms with Crippen molar-refractivity contribution in [2.75, 3.05) is 5.32 Å². The molecule has 1 N–H and O–H groups in total. The van der Waals surface area contributed by atoms with Crippen LogP contribution in [0.3, 0.4) is 0 Å². The van der Waals surface area contributed by atoms with E-state index in [1.165, 1.54) is 24.3 Å². The fraction of sp³-hybridized carbons (Fsp3) is 0.143. The summed E-state index contributed by atoms with van der Waals surface area (Å²) < 4.78 is 51.7. The molecule has 0 atom stereocenters. The number of nitrogens with one attached hydrogen (secondary N) is 1. The monoisotopic (exact) mass is 337 g/mol. The molecule has 0 aliphatic carbocycles. The second-order valence-corrected chi connectivity index (χ2v) is 5.13.